The first-order valence-electron chi connectivity index (χ1n) is 4.19. The molecule has 0 aliphatic carbocycles. The van der Waals surface area contributed by atoms with E-state index in [2.05, 4.69) is 9.64 Å². The smallest absolute Gasteiger partial charge is 0.305 e. The number of hydrogen-bond acceptors (Lipinski definition) is 4. The molecule has 1 fully saturated rings. The molecule has 0 amide bonds. The molecule has 1 aliphatic rings. The highest BCUT2D eigenvalue weighted by Gasteiger charge is 2.23. The third-order valence-electron chi connectivity index (χ3n) is 2.02. The van der Waals surface area contributed by atoms with Crippen LogP contribution in [0.15, 0.2) is 0 Å². The molecule has 70 valence electrons. The van der Waals surface area contributed by atoms with Crippen LogP contribution in [0.4, 0.5) is 0 Å². The van der Waals surface area contributed by atoms with Gasteiger partial charge in [-0.3, -0.25) is 9.69 Å². The van der Waals surface area contributed by atoms with Crippen molar-refractivity contribution in [1.82, 2.24) is 4.90 Å². The van der Waals surface area contributed by atoms with Crippen LogP contribution in [0.25, 0.3) is 0 Å². The lowest BCUT2D eigenvalue weighted by molar-refractivity contribution is -0.140. The highest BCUT2D eigenvalue weighted by atomic mass is 16.5. The van der Waals surface area contributed by atoms with E-state index < -0.39 is 0 Å². The molecule has 1 rings (SSSR count). The number of aliphatic hydroxyl groups excluding tert-OH is 1. The Morgan fingerprint density at radius 1 is 1.67 bits per heavy atom. The summed E-state index contributed by atoms with van der Waals surface area (Å²) in [6.07, 6.45) is 1.14. The second kappa shape index (κ2) is 4.42. The predicted molar refractivity (Wildman–Crippen MR) is 43.7 cm³/mol. The van der Waals surface area contributed by atoms with Gasteiger partial charge in [-0.05, 0) is 13.0 Å². The van der Waals surface area contributed by atoms with Crippen LogP contribution in [0.5, 0.6) is 0 Å². The Morgan fingerprint density at radius 3 is 2.83 bits per heavy atom. The summed E-state index contributed by atoms with van der Waals surface area (Å²) in [7, 11) is 1.40. The summed E-state index contributed by atoms with van der Waals surface area (Å²) in [6.45, 7) is 2.38. The lowest BCUT2D eigenvalue weighted by Crippen LogP contribution is -2.50. The van der Waals surface area contributed by atoms with Gasteiger partial charge in [0, 0.05) is 19.5 Å². The zero-order valence-electron chi connectivity index (χ0n) is 7.32. The van der Waals surface area contributed by atoms with Gasteiger partial charge in [-0.2, -0.15) is 0 Å². The fraction of sp³-hybridized carbons (Fsp3) is 0.875. The van der Waals surface area contributed by atoms with Gasteiger partial charge < -0.3 is 9.84 Å². The number of likely N-dealkylation sites (tertiary alicyclic amines) is 1. The SMILES string of the molecule is COC(=O)CCCN1CC(O)C1. The lowest BCUT2D eigenvalue weighted by atomic mass is 10.1. The van der Waals surface area contributed by atoms with E-state index in [-0.39, 0.29) is 12.1 Å². The van der Waals surface area contributed by atoms with Crippen molar-refractivity contribution in [3.05, 3.63) is 0 Å². The van der Waals surface area contributed by atoms with E-state index in [1.165, 1.54) is 7.11 Å². The number of aliphatic hydroxyl groups is 1. The van der Waals surface area contributed by atoms with E-state index >= 15 is 0 Å². The van der Waals surface area contributed by atoms with Crippen LogP contribution in [0.3, 0.4) is 0 Å². The van der Waals surface area contributed by atoms with Gasteiger partial charge in [0.25, 0.3) is 0 Å². The van der Waals surface area contributed by atoms with Crippen LogP contribution >= 0.6 is 0 Å². The molecule has 1 aliphatic heterocycles. The van der Waals surface area contributed by atoms with Crippen LogP contribution in [-0.2, 0) is 9.53 Å². The van der Waals surface area contributed by atoms with Crippen LogP contribution in [-0.4, -0.2) is 48.8 Å². The van der Waals surface area contributed by atoms with Crippen molar-refractivity contribution in [1.29, 1.82) is 0 Å². The Morgan fingerprint density at radius 2 is 2.33 bits per heavy atom. The molecular weight excluding hydrogens is 158 g/mol. The standard InChI is InChI=1S/C8H15NO3/c1-12-8(11)3-2-4-9-5-7(10)6-9/h7,10H,2-6H2,1H3. The number of rotatable bonds is 4. The van der Waals surface area contributed by atoms with E-state index in [0.717, 1.165) is 26.1 Å². The summed E-state index contributed by atoms with van der Waals surface area (Å²) < 4.78 is 4.50. The van der Waals surface area contributed by atoms with E-state index in [1.54, 1.807) is 0 Å². The third-order valence-corrected chi connectivity index (χ3v) is 2.02. The Kier molecular flexibility index (Phi) is 3.49. The number of methoxy groups -OCH3 is 1. The molecule has 0 bridgehead atoms. The maximum Gasteiger partial charge on any atom is 0.305 e. The number of ether oxygens (including phenoxy) is 1. The van der Waals surface area contributed by atoms with Crippen molar-refractivity contribution in [3.8, 4) is 0 Å². The number of β-amino-alcohol motifs (C(OH)–C–C–N with tert-alkyl or cyclic N) is 1. The fourth-order valence-corrected chi connectivity index (χ4v) is 1.27. The first-order valence-corrected chi connectivity index (χ1v) is 4.19. The van der Waals surface area contributed by atoms with Crippen molar-refractivity contribution in [2.75, 3.05) is 26.7 Å². The van der Waals surface area contributed by atoms with Crippen molar-refractivity contribution in [2.24, 2.45) is 0 Å². The zero-order chi connectivity index (χ0) is 8.97. The van der Waals surface area contributed by atoms with Gasteiger partial charge in [0.15, 0.2) is 0 Å². The third kappa shape index (κ3) is 2.79. The van der Waals surface area contributed by atoms with Gasteiger partial charge >= 0.3 is 5.97 Å². The molecule has 0 radical (unpaired) electrons. The molecule has 1 saturated heterocycles. The molecular formula is C8H15NO3. The van der Waals surface area contributed by atoms with Crippen LogP contribution in [0.2, 0.25) is 0 Å². The molecule has 4 nitrogen and oxygen atoms in total. The summed E-state index contributed by atoms with van der Waals surface area (Å²) in [6, 6.07) is 0. The number of carbonyl (C=O) groups is 1. The average molecular weight is 173 g/mol. The van der Waals surface area contributed by atoms with Gasteiger partial charge in [-0.25, -0.2) is 0 Å². The molecule has 1 heterocycles. The average Bonchev–Trinajstić information content (AvgIpc) is 2.01. The molecule has 12 heavy (non-hydrogen) atoms. The van der Waals surface area contributed by atoms with Gasteiger partial charge in [0.2, 0.25) is 0 Å². The Balaban J connectivity index is 1.93. The van der Waals surface area contributed by atoms with Gasteiger partial charge in [0.1, 0.15) is 0 Å². The first kappa shape index (κ1) is 9.48. The normalized spacial score (nSPS) is 18.8. The Hall–Kier alpha value is -0.610. The molecule has 1 N–H and O–H groups in total. The van der Waals surface area contributed by atoms with Gasteiger partial charge in [-0.1, -0.05) is 0 Å². The predicted octanol–water partition coefficient (Wildman–Crippen LogP) is -0.384. The highest BCUT2D eigenvalue weighted by molar-refractivity contribution is 5.69. The van der Waals surface area contributed by atoms with E-state index in [1.807, 2.05) is 0 Å². The minimum Gasteiger partial charge on any atom is -0.469 e. The largest absolute Gasteiger partial charge is 0.469 e. The minimum atomic E-state index is -0.156. The molecule has 0 atom stereocenters. The summed E-state index contributed by atoms with van der Waals surface area (Å²) >= 11 is 0. The summed E-state index contributed by atoms with van der Waals surface area (Å²) in [5.41, 5.74) is 0. The molecule has 0 unspecified atom stereocenters. The van der Waals surface area contributed by atoms with Crippen molar-refractivity contribution in [2.45, 2.75) is 18.9 Å². The minimum absolute atomic E-state index is 0.150. The summed E-state index contributed by atoms with van der Waals surface area (Å²) in [5.74, 6) is -0.156. The van der Waals surface area contributed by atoms with Crippen molar-refractivity contribution >= 4 is 5.97 Å². The monoisotopic (exact) mass is 173 g/mol. The Labute approximate surface area is 72.1 Å². The Bertz CT molecular complexity index is 154. The maximum absolute atomic E-state index is 10.7. The second-order valence-corrected chi connectivity index (χ2v) is 3.09. The van der Waals surface area contributed by atoms with Crippen LogP contribution < -0.4 is 0 Å². The van der Waals surface area contributed by atoms with Crippen LogP contribution in [0.1, 0.15) is 12.8 Å². The van der Waals surface area contributed by atoms with E-state index in [9.17, 15) is 4.79 Å². The van der Waals surface area contributed by atoms with Gasteiger partial charge in [-0.15, -0.1) is 0 Å². The molecule has 4 heteroatoms. The topological polar surface area (TPSA) is 49.8 Å². The number of nitrogens with zero attached hydrogens (tertiary/aromatic N) is 1. The number of hydrogen-bond donors (Lipinski definition) is 1. The van der Waals surface area contributed by atoms with E-state index in [0.29, 0.717) is 6.42 Å². The summed E-state index contributed by atoms with van der Waals surface area (Å²) in [4.78, 5) is 12.8. The molecule has 0 saturated carbocycles. The maximum atomic E-state index is 10.7. The fourth-order valence-electron chi connectivity index (χ4n) is 1.27. The second-order valence-electron chi connectivity index (χ2n) is 3.09. The van der Waals surface area contributed by atoms with Crippen LogP contribution in [0, 0.1) is 0 Å². The molecule has 0 aromatic carbocycles. The summed E-state index contributed by atoms with van der Waals surface area (Å²) in [5, 5.41) is 8.94. The quantitative estimate of drug-likeness (QED) is 0.588. The molecule has 0 spiro atoms. The molecule has 0 aromatic heterocycles. The first-order chi connectivity index (χ1) is 5.72. The van der Waals surface area contributed by atoms with Gasteiger partial charge in [0.05, 0.1) is 13.2 Å². The zero-order valence-corrected chi connectivity index (χ0v) is 7.32. The molecule has 0 aromatic rings. The number of carbonyl (C=O) groups excluding carboxylic acids is 1. The highest BCUT2D eigenvalue weighted by Crippen LogP contribution is 2.08. The lowest BCUT2D eigenvalue weighted by Gasteiger charge is -2.35. The van der Waals surface area contributed by atoms with E-state index in [4.69, 9.17) is 5.11 Å². The van der Waals surface area contributed by atoms with Crippen molar-refractivity contribution in [3.63, 3.8) is 0 Å². The van der Waals surface area contributed by atoms with Crippen molar-refractivity contribution < 1.29 is 14.6 Å². The number of esters is 1.